The van der Waals surface area contributed by atoms with Crippen LogP contribution in [-0.2, 0) is 6.18 Å². The molecule has 0 atom stereocenters. The number of rotatable bonds is 1. The highest BCUT2D eigenvalue weighted by molar-refractivity contribution is 5.43. The van der Waals surface area contributed by atoms with E-state index in [-0.39, 0.29) is 0 Å². The summed E-state index contributed by atoms with van der Waals surface area (Å²) in [6.45, 7) is 0. The van der Waals surface area contributed by atoms with E-state index in [1.165, 1.54) is 0 Å². The van der Waals surface area contributed by atoms with Crippen LogP contribution in [0.5, 0.6) is 11.5 Å². The van der Waals surface area contributed by atoms with Gasteiger partial charge in [0.1, 0.15) is 5.56 Å². The molecule has 78 valence electrons. The standard InChI is InChI=1S/C8H6F4O2/c1-14-7-4(8(10,11)12)2-3-5(13)6(7)9/h2-3,13H,1H3. The molecule has 14 heavy (non-hydrogen) atoms. The van der Waals surface area contributed by atoms with Crippen molar-refractivity contribution < 1.29 is 27.4 Å². The van der Waals surface area contributed by atoms with Crippen molar-refractivity contribution in [2.75, 3.05) is 7.11 Å². The summed E-state index contributed by atoms with van der Waals surface area (Å²) in [5, 5.41) is 8.80. The van der Waals surface area contributed by atoms with E-state index in [1.807, 2.05) is 0 Å². The van der Waals surface area contributed by atoms with Crippen LogP contribution in [0.4, 0.5) is 17.6 Å². The Kier molecular flexibility index (Phi) is 2.55. The summed E-state index contributed by atoms with van der Waals surface area (Å²) in [6.07, 6.45) is -4.71. The molecule has 0 aliphatic carbocycles. The molecule has 0 radical (unpaired) electrons. The molecule has 0 aromatic heterocycles. The second kappa shape index (κ2) is 3.36. The number of alkyl halides is 3. The molecule has 6 heteroatoms. The van der Waals surface area contributed by atoms with Crippen molar-refractivity contribution in [1.29, 1.82) is 0 Å². The lowest BCUT2D eigenvalue weighted by Gasteiger charge is -2.12. The van der Waals surface area contributed by atoms with Crippen LogP contribution in [0.15, 0.2) is 12.1 Å². The zero-order chi connectivity index (χ0) is 10.9. The SMILES string of the molecule is COc1c(C(F)(F)F)ccc(O)c1F. The quantitative estimate of drug-likeness (QED) is 0.722. The third-order valence-corrected chi connectivity index (χ3v) is 1.59. The van der Waals surface area contributed by atoms with E-state index in [9.17, 15) is 17.6 Å². The van der Waals surface area contributed by atoms with E-state index < -0.39 is 29.1 Å². The normalized spacial score (nSPS) is 11.5. The molecule has 0 heterocycles. The van der Waals surface area contributed by atoms with Crippen LogP contribution in [0, 0.1) is 5.82 Å². The van der Waals surface area contributed by atoms with Crippen molar-refractivity contribution in [3.8, 4) is 11.5 Å². The molecule has 1 aromatic rings. The average molecular weight is 210 g/mol. The topological polar surface area (TPSA) is 29.5 Å². The monoisotopic (exact) mass is 210 g/mol. The van der Waals surface area contributed by atoms with Gasteiger partial charge in [-0.25, -0.2) is 0 Å². The molecule has 0 saturated carbocycles. The third kappa shape index (κ3) is 1.73. The van der Waals surface area contributed by atoms with Crippen LogP contribution in [0.2, 0.25) is 0 Å². The summed E-state index contributed by atoms with van der Waals surface area (Å²) < 4.78 is 53.8. The van der Waals surface area contributed by atoms with Gasteiger partial charge in [-0.3, -0.25) is 0 Å². The minimum Gasteiger partial charge on any atom is -0.505 e. The molecule has 0 fully saturated rings. The molecule has 0 saturated heterocycles. The van der Waals surface area contributed by atoms with Crippen LogP contribution in [-0.4, -0.2) is 12.2 Å². The zero-order valence-corrected chi connectivity index (χ0v) is 7.02. The Morgan fingerprint density at radius 3 is 2.29 bits per heavy atom. The lowest BCUT2D eigenvalue weighted by atomic mass is 10.1. The minimum atomic E-state index is -4.71. The van der Waals surface area contributed by atoms with Crippen molar-refractivity contribution in [2.24, 2.45) is 0 Å². The second-order valence-electron chi connectivity index (χ2n) is 2.48. The summed E-state index contributed by atoms with van der Waals surface area (Å²) in [7, 11) is 0.896. The molecule has 0 aliphatic heterocycles. The van der Waals surface area contributed by atoms with Gasteiger partial charge in [-0.1, -0.05) is 0 Å². The lowest BCUT2D eigenvalue weighted by molar-refractivity contribution is -0.139. The number of hydrogen-bond acceptors (Lipinski definition) is 2. The van der Waals surface area contributed by atoms with E-state index >= 15 is 0 Å². The summed E-state index contributed by atoms with van der Waals surface area (Å²) in [6, 6.07) is 1.18. The highest BCUT2D eigenvalue weighted by Gasteiger charge is 2.36. The van der Waals surface area contributed by atoms with Crippen LogP contribution >= 0.6 is 0 Å². The fourth-order valence-corrected chi connectivity index (χ4v) is 0.968. The Hall–Kier alpha value is -1.46. The molecule has 1 aromatic carbocycles. The van der Waals surface area contributed by atoms with Crippen molar-refractivity contribution >= 4 is 0 Å². The lowest BCUT2D eigenvalue weighted by Crippen LogP contribution is -2.08. The fourth-order valence-electron chi connectivity index (χ4n) is 0.968. The molecule has 0 bridgehead atoms. The van der Waals surface area contributed by atoms with Gasteiger partial charge in [0, 0.05) is 0 Å². The summed E-state index contributed by atoms with van der Waals surface area (Å²) in [5.41, 5.74) is -1.25. The van der Waals surface area contributed by atoms with Crippen molar-refractivity contribution in [2.45, 2.75) is 6.18 Å². The first-order valence-electron chi connectivity index (χ1n) is 3.50. The summed E-state index contributed by atoms with van der Waals surface area (Å²) >= 11 is 0. The van der Waals surface area contributed by atoms with E-state index in [1.54, 1.807) is 0 Å². The van der Waals surface area contributed by atoms with Gasteiger partial charge in [0.25, 0.3) is 0 Å². The van der Waals surface area contributed by atoms with E-state index in [0.29, 0.717) is 12.1 Å². The number of aromatic hydroxyl groups is 1. The van der Waals surface area contributed by atoms with Gasteiger partial charge < -0.3 is 9.84 Å². The number of halogens is 4. The Labute approximate surface area is 76.7 Å². The minimum absolute atomic E-state index is 0.553. The van der Waals surface area contributed by atoms with Gasteiger partial charge in [0.2, 0.25) is 5.82 Å². The number of phenols is 1. The molecule has 0 aliphatic rings. The second-order valence-corrected chi connectivity index (χ2v) is 2.48. The Morgan fingerprint density at radius 1 is 1.29 bits per heavy atom. The maximum atomic E-state index is 12.9. The van der Waals surface area contributed by atoms with Crippen LogP contribution in [0.3, 0.4) is 0 Å². The summed E-state index contributed by atoms with van der Waals surface area (Å²) in [4.78, 5) is 0. The molecule has 0 amide bonds. The molecule has 0 unspecified atom stereocenters. The zero-order valence-electron chi connectivity index (χ0n) is 7.02. The highest BCUT2D eigenvalue weighted by atomic mass is 19.4. The number of phenolic OH excluding ortho intramolecular Hbond substituents is 1. The predicted octanol–water partition coefficient (Wildman–Crippen LogP) is 2.56. The van der Waals surface area contributed by atoms with Gasteiger partial charge in [-0.15, -0.1) is 0 Å². The first-order valence-corrected chi connectivity index (χ1v) is 3.50. The van der Waals surface area contributed by atoms with E-state index in [4.69, 9.17) is 5.11 Å². The van der Waals surface area contributed by atoms with E-state index in [0.717, 1.165) is 7.11 Å². The molecule has 0 spiro atoms. The number of hydrogen-bond donors (Lipinski definition) is 1. The van der Waals surface area contributed by atoms with Crippen LogP contribution in [0.25, 0.3) is 0 Å². The number of ether oxygens (including phenoxy) is 1. The average Bonchev–Trinajstić information content (AvgIpc) is 2.07. The van der Waals surface area contributed by atoms with Crippen molar-refractivity contribution in [3.05, 3.63) is 23.5 Å². The fraction of sp³-hybridized carbons (Fsp3) is 0.250. The maximum Gasteiger partial charge on any atom is 0.420 e. The third-order valence-electron chi connectivity index (χ3n) is 1.59. The van der Waals surface area contributed by atoms with Gasteiger partial charge in [0.15, 0.2) is 11.5 Å². The number of methoxy groups -OCH3 is 1. The van der Waals surface area contributed by atoms with Crippen LogP contribution in [0.1, 0.15) is 5.56 Å². The van der Waals surface area contributed by atoms with Crippen molar-refractivity contribution in [1.82, 2.24) is 0 Å². The Bertz CT molecular complexity index is 346. The van der Waals surface area contributed by atoms with Gasteiger partial charge in [-0.2, -0.15) is 17.6 Å². The molecule has 1 rings (SSSR count). The summed E-state index contributed by atoms with van der Waals surface area (Å²) in [5.74, 6) is -3.30. The Balaban J connectivity index is 3.39. The first-order chi connectivity index (χ1) is 6.38. The molecular formula is C8H6F4O2. The number of benzene rings is 1. The molecule has 2 nitrogen and oxygen atoms in total. The molecule has 1 N–H and O–H groups in total. The first kappa shape index (κ1) is 10.6. The Morgan fingerprint density at radius 2 is 1.86 bits per heavy atom. The van der Waals surface area contributed by atoms with E-state index in [2.05, 4.69) is 4.74 Å². The van der Waals surface area contributed by atoms with Crippen LogP contribution < -0.4 is 4.74 Å². The van der Waals surface area contributed by atoms with Crippen molar-refractivity contribution in [3.63, 3.8) is 0 Å². The molecular weight excluding hydrogens is 204 g/mol. The van der Waals surface area contributed by atoms with Gasteiger partial charge in [0.05, 0.1) is 7.11 Å². The predicted molar refractivity (Wildman–Crippen MR) is 39.6 cm³/mol. The van der Waals surface area contributed by atoms with Gasteiger partial charge >= 0.3 is 6.18 Å². The maximum absolute atomic E-state index is 12.9. The largest absolute Gasteiger partial charge is 0.505 e. The van der Waals surface area contributed by atoms with Gasteiger partial charge in [-0.05, 0) is 12.1 Å². The highest BCUT2D eigenvalue weighted by Crippen LogP contribution is 2.39. The smallest absolute Gasteiger partial charge is 0.420 e.